The Hall–Kier alpha value is -2.34. The van der Waals surface area contributed by atoms with Gasteiger partial charge >= 0.3 is 0 Å². The minimum atomic E-state index is -0.682. The molecule has 5 nitrogen and oxygen atoms in total. The Kier molecular flexibility index (Phi) is 5.05. The van der Waals surface area contributed by atoms with E-state index in [1.54, 1.807) is 37.3 Å². The van der Waals surface area contributed by atoms with Gasteiger partial charge in [0.2, 0.25) is 0 Å². The summed E-state index contributed by atoms with van der Waals surface area (Å²) in [4.78, 5) is 24.7. The van der Waals surface area contributed by atoms with E-state index in [2.05, 4.69) is 21.2 Å². The number of hydrogen-bond donors (Lipinski definition) is 1. The minimum Gasteiger partial charge on any atom is -0.487 e. The van der Waals surface area contributed by atoms with Crippen molar-refractivity contribution in [2.24, 2.45) is 0 Å². The zero-order valence-corrected chi connectivity index (χ0v) is 16.4. The van der Waals surface area contributed by atoms with Crippen molar-refractivity contribution < 1.29 is 19.1 Å². The second-order valence-electron chi connectivity index (χ2n) is 6.88. The molecule has 0 aromatic heterocycles. The monoisotopic (exact) mass is 417 g/mol. The fourth-order valence-electron chi connectivity index (χ4n) is 2.74. The number of benzene rings is 2. The summed E-state index contributed by atoms with van der Waals surface area (Å²) >= 11 is 3.35. The first-order valence-corrected chi connectivity index (χ1v) is 9.12. The summed E-state index contributed by atoms with van der Waals surface area (Å²) < 4.78 is 12.4. The van der Waals surface area contributed by atoms with Crippen molar-refractivity contribution in [3.63, 3.8) is 0 Å². The van der Waals surface area contributed by atoms with Gasteiger partial charge in [-0.15, -0.1) is 0 Å². The third-order valence-corrected chi connectivity index (χ3v) is 4.54. The highest BCUT2D eigenvalue weighted by Crippen LogP contribution is 2.34. The van der Waals surface area contributed by atoms with E-state index < -0.39 is 11.7 Å². The lowest BCUT2D eigenvalue weighted by Crippen LogP contribution is -2.36. The van der Waals surface area contributed by atoms with Gasteiger partial charge in [-0.3, -0.25) is 9.59 Å². The summed E-state index contributed by atoms with van der Waals surface area (Å²) in [5, 5.41) is 2.78. The van der Waals surface area contributed by atoms with Gasteiger partial charge in [0.05, 0.1) is 12.0 Å². The number of halogens is 1. The van der Waals surface area contributed by atoms with Gasteiger partial charge in [-0.25, -0.2) is 0 Å². The molecular weight excluding hydrogens is 398 g/mol. The van der Waals surface area contributed by atoms with Gasteiger partial charge in [-0.05, 0) is 63.2 Å². The van der Waals surface area contributed by atoms with Crippen molar-refractivity contribution in [2.45, 2.75) is 38.9 Å². The van der Waals surface area contributed by atoms with Crippen molar-refractivity contribution in [1.29, 1.82) is 0 Å². The fourth-order valence-corrected chi connectivity index (χ4v) is 3.01. The molecule has 1 unspecified atom stereocenters. The quantitative estimate of drug-likeness (QED) is 0.789. The number of carbonyl (C=O) groups excluding carboxylic acids is 2. The zero-order chi connectivity index (χ0) is 18.9. The molecule has 0 saturated heterocycles. The van der Waals surface area contributed by atoms with Crippen molar-refractivity contribution >= 4 is 33.3 Å². The van der Waals surface area contributed by atoms with Gasteiger partial charge in [0, 0.05) is 10.2 Å². The molecule has 0 saturated carbocycles. The molecule has 2 aromatic rings. The SMILES string of the molecule is CC(Oc1ccc(Br)cc1)C(=O)Nc1ccc2c(c1)C(=O)CC(C)(C)O2. The molecule has 0 bridgehead atoms. The third-order valence-electron chi connectivity index (χ3n) is 4.02. The van der Waals surface area contributed by atoms with Gasteiger partial charge < -0.3 is 14.8 Å². The topological polar surface area (TPSA) is 64.6 Å². The Balaban J connectivity index is 1.69. The smallest absolute Gasteiger partial charge is 0.265 e. The second-order valence-corrected chi connectivity index (χ2v) is 7.79. The summed E-state index contributed by atoms with van der Waals surface area (Å²) in [5.74, 6) is 0.861. The van der Waals surface area contributed by atoms with Crippen LogP contribution in [0.15, 0.2) is 46.9 Å². The maximum Gasteiger partial charge on any atom is 0.265 e. The van der Waals surface area contributed by atoms with Crippen molar-refractivity contribution in [3.05, 3.63) is 52.5 Å². The lowest BCUT2D eigenvalue weighted by atomic mass is 9.93. The summed E-state index contributed by atoms with van der Waals surface area (Å²) in [7, 11) is 0. The molecule has 1 heterocycles. The van der Waals surface area contributed by atoms with Crippen molar-refractivity contribution in [1.82, 2.24) is 0 Å². The summed E-state index contributed by atoms with van der Waals surface area (Å²) in [6.07, 6.45) is -0.376. The van der Waals surface area contributed by atoms with E-state index in [0.29, 0.717) is 29.2 Å². The number of fused-ring (bicyclic) bond motifs is 1. The Labute approximate surface area is 160 Å². The van der Waals surface area contributed by atoms with E-state index >= 15 is 0 Å². The van der Waals surface area contributed by atoms with E-state index in [-0.39, 0.29) is 11.7 Å². The van der Waals surface area contributed by atoms with E-state index in [0.717, 1.165) is 4.47 Å². The Morgan fingerprint density at radius 1 is 1.23 bits per heavy atom. The number of ketones is 1. The molecule has 0 fully saturated rings. The largest absolute Gasteiger partial charge is 0.487 e. The van der Waals surface area contributed by atoms with E-state index in [1.807, 2.05) is 26.0 Å². The Morgan fingerprint density at radius 2 is 1.92 bits per heavy atom. The van der Waals surface area contributed by atoms with Crippen LogP contribution in [-0.2, 0) is 4.79 Å². The highest BCUT2D eigenvalue weighted by molar-refractivity contribution is 9.10. The molecule has 0 aliphatic carbocycles. The number of ether oxygens (including phenoxy) is 2. The molecule has 0 radical (unpaired) electrons. The maximum atomic E-state index is 12.4. The van der Waals surface area contributed by atoms with Gasteiger partial charge in [-0.1, -0.05) is 15.9 Å². The van der Waals surface area contributed by atoms with Crippen LogP contribution in [0.2, 0.25) is 0 Å². The number of rotatable bonds is 4. The highest BCUT2D eigenvalue weighted by Gasteiger charge is 2.32. The zero-order valence-electron chi connectivity index (χ0n) is 14.8. The first-order chi connectivity index (χ1) is 12.2. The van der Waals surface area contributed by atoms with Crippen LogP contribution in [0.3, 0.4) is 0 Å². The molecule has 6 heteroatoms. The van der Waals surface area contributed by atoms with Crippen LogP contribution in [-0.4, -0.2) is 23.4 Å². The first-order valence-electron chi connectivity index (χ1n) is 8.33. The molecule has 1 aliphatic rings. The molecule has 0 spiro atoms. The molecule has 1 amide bonds. The van der Waals surface area contributed by atoms with Crippen LogP contribution >= 0.6 is 15.9 Å². The predicted octanol–water partition coefficient (Wildman–Crippen LogP) is 4.60. The molecule has 2 aromatic carbocycles. The van der Waals surface area contributed by atoms with Crippen molar-refractivity contribution in [3.8, 4) is 11.5 Å². The van der Waals surface area contributed by atoms with E-state index in [9.17, 15) is 9.59 Å². The Morgan fingerprint density at radius 3 is 2.62 bits per heavy atom. The van der Waals surface area contributed by atoms with Crippen LogP contribution in [0.1, 0.15) is 37.6 Å². The van der Waals surface area contributed by atoms with E-state index in [1.165, 1.54) is 0 Å². The fraction of sp³-hybridized carbons (Fsp3) is 0.300. The first kappa shape index (κ1) is 18.5. The summed E-state index contributed by atoms with van der Waals surface area (Å²) in [6.45, 7) is 5.43. The van der Waals surface area contributed by atoms with Gasteiger partial charge in [0.1, 0.15) is 17.1 Å². The van der Waals surface area contributed by atoms with Crippen molar-refractivity contribution in [2.75, 3.05) is 5.32 Å². The number of amides is 1. The van der Waals surface area contributed by atoms with Crippen LogP contribution in [0.5, 0.6) is 11.5 Å². The van der Waals surface area contributed by atoms with Crippen LogP contribution < -0.4 is 14.8 Å². The normalized spacial score (nSPS) is 16.2. The van der Waals surface area contributed by atoms with Crippen LogP contribution in [0.4, 0.5) is 5.69 Å². The number of hydrogen-bond acceptors (Lipinski definition) is 4. The molecular formula is C20H20BrNO4. The maximum absolute atomic E-state index is 12.4. The van der Waals surface area contributed by atoms with Crippen LogP contribution in [0.25, 0.3) is 0 Å². The molecule has 1 atom stereocenters. The average Bonchev–Trinajstić information content (AvgIpc) is 2.56. The van der Waals surface area contributed by atoms with Gasteiger partial charge in [0.15, 0.2) is 11.9 Å². The molecule has 1 N–H and O–H groups in total. The average molecular weight is 418 g/mol. The standard InChI is InChI=1S/C20H20BrNO4/c1-12(25-15-7-4-13(21)5-8-15)19(24)22-14-6-9-18-16(10-14)17(23)11-20(2,3)26-18/h4-10,12H,11H2,1-3H3,(H,22,24). The Bertz CT molecular complexity index is 845. The molecule has 3 rings (SSSR count). The minimum absolute atomic E-state index is 0.00603. The number of anilines is 1. The highest BCUT2D eigenvalue weighted by atomic mass is 79.9. The third kappa shape index (κ3) is 4.25. The number of Topliss-reactive ketones (excluding diaryl/α,β-unsaturated/α-hetero) is 1. The second kappa shape index (κ2) is 7.11. The number of carbonyl (C=O) groups is 2. The summed E-state index contributed by atoms with van der Waals surface area (Å²) in [6, 6.07) is 12.3. The summed E-state index contributed by atoms with van der Waals surface area (Å²) in [5.41, 5.74) is 0.516. The lowest BCUT2D eigenvalue weighted by Gasteiger charge is -2.31. The predicted molar refractivity (Wildman–Crippen MR) is 103 cm³/mol. The molecule has 136 valence electrons. The molecule has 26 heavy (non-hydrogen) atoms. The van der Waals surface area contributed by atoms with Gasteiger partial charge in [0.25, 0.3) is 5.91 Å². The lowest BCUT2D eigenvalue weighted by molar-refractivity contribution is -0.122. The molecule has 1 aliphatic heterocycles. The van der Waals surface area contributed by atoms with Gasteiger partial charge in [-0.2, -0.15) is 0 Å². The number of nitrogens with one attached hydrogen (secondary N) is 1. The van der Waals surface area contributed by atoms with Crippen LogP contribution in [0, 0.1) is 0 Å². The van der Waals surface area contributed by atoms with E-state index in [4.69, 9.17) is 9.47 Å².